The molecule has 84 valence electrons. The van der Waals surface area contributed by atoms with E-state index in [1.54, 1.807) is 4.90 Å². The molecule has 0 spiro atoms. The summed E-state index contributed by atoms with van der Waals surface area (Å²) in [4.78, 5) is 25.1. The van der Waals surface area contributed by atoms with Gasteiger partial charge < -0.3 is 15.0 Å². The predicted molar refractivity (Wildman–Crippen MR) is 53.4 cm³/mol. The van der Waals surface area contributed by atoms with E-state index >= 15 is 0 Å². The van der Waals surface area contributed by atoms with Gasteiger partial charge in [0.15, 0.2) is 0 Å². The molecule has 0 radical (unpaired) electrons. The van der Waals surface area contributed by atoms with Gasteiger partial charge in [-0.05, 0) is 12.8 Å². The van der Waals surface area contributed by atoms with Crippen LogP contribution in [0.5, 0.6) is 0 Å². The Balaban J connectivity index is 1.90. The van der Waals surface area contributed by atoms with E-state index < -0.39 is 6.10 Å². The standard InChI is InChI=1S/C10H16N2O3/c13-9(8-2-1-7-15-8)10(14)12-5-3-11-4-6-12/h8,11H,1-7H2. The van der Waals surface area contributed by atoms with Gasteiger partial charge in [0.25, 0.3) is 5.91 Å². The molecule has 0 bridgehead atoms. The smallest absolute Gasteiger partial charge is 0.292 e. The van der Waals surface area contributed by atoms with E-state index in [1.807, 2.05) is 0 Å². The maximum Gasteiger partial charge on any atom is 0.292 e. The van der Waals surface area contributed by atoms with Crippen LogP contribution in [0.2, 0.25) is 0 Å². The Bertz CT molecular complexity index is 255. The van der Waals surface area contributed by atoms with E-state index in [-0.39, 0.29) is 11.7 Å². The maximum atomic E-state index is 11.8. The van der Waals surface area contributed by atoms with Crippen molar-refractivity contribution in [3.05, 3.63) is 0 Å². The fraction of sp³-hybridized carbons (Fsp3) is 0.800. The van der Waals surface area contributed by atoms with Gasteiger partial charge in [0.05, 0.1) is 0 Å². The largest absolute Gasteiger partial charge is 0.370 e. The zero-order valence-corrected chi connectivity index (χ0v) is 8.70. The molecule has 5 nitrogen and oxygen atoms in total. The van der Waals surface area contributed by atoms with E-state index in [9.17, 15) is 9.59 Å². The summed E-state index contributed by atoms with van der Waals surface area (Å²) in [5, 5.41) is 3.14. The van der Waals surface area contributed by atoms with E-state index in [0.29, 0.717) is 26.1 Å². The first-order valence-corrected chi connectivity index (χ1v) is 5.44. The van der Waals surface area contributed by atoms with Crippen LogP contribution in [0.1, 0.15) is 12.8 Å². The molecule has 2 rings (SSSR count). The van der Waals surface area contributed by atoms with Gasteiger partial charge in [0.1, 0.15) is 6.10 Å². The third-order valence-corrected chi connectivity index (χ3v) is 2.84. The summed E-state index contributed by atoms with van der Waals surface area (Å²) in [6.45, 7) is 3.38. The Hall–Kier alpha value is -0.940. The molecule has 1 atom stereocenters. The molecule has 2 heterocycles. The number of Topliss-reactive ketones (excluding diaryl/α,β-unsaturated/α-hetero) is 1. The summed E-state index contributed by atoms with van der Waals surface area (Å²) in [5.41, 5.74) is 0. The normalized spacial score (nSPS) is 26.7. The van der Waals surface area contributed by atoms with Crippen LogP contribution in [-0.4, -0.2) is 55.5 Å². The van der Waals surface area contributed by atoms with Gasteiger partial charge in [0.2, 0.25) is 5.78 Å². The number of ether oxygens (including phenoxy) is 1. The minimum atomic E-state index is -0.479. The lowest BCUT2D eigenvalue weighted by Crippen LogP contribution is -2.50. The van der Waals surface area contributed by atoms with Crippen molar-refractivity contribution in [2.24, 2.45) is 0 Å². The highest BCUT2D eigenvalue weighted by Crippen LogP contribution is 2.14. The number of nitrogens with one attached hydrogen (secondary N) is 1. The van der Waals surface area contributed by atoms with Crippen molar-refractivity contribution >= 4 is 11.7 Å². The highest BCUT2D eigenvalue weighted by atomic mass is 16.5. The first-order valence-electron chi connectivity index (χ1n) is 5.44. The van der Waals surface area contributed by atoms with Gasteiger partial charge in [-0.1, -0.05) is 0 Å². The third kappa shape index (κ3) is 2.35. The SMILES string of the molecule is O=C(C(=O)N1CCNCC1)C1CCCO1. The number of carbonyl (C=O) groups excluding carboxylic acids is 2. The summed E-state index contributed by atoms with van der Waals surface area (Å²) in [6.07, 6.45) is 1.09. The molecule has 0 aromatic carbocycles. The van der Waals surface area contributed by atoms with Crippen molar-refractivity contribution in [2.45, 2.75) is 18.9 Å². The number of ketones is 1. The summed E-state index contributed by atoms with van der Waals surface area (Å²) in [5.74, 6) is -0.738. The van der Waals surface area contributed by atoms with Crippen LogP contribution in [0.25, 0.3) is 0 Å². The topological polar surface area (TPSA) is 58.6 Å². The molecular formula is C10H16N2O3. The van der Waals surface area contributed by atoms with Gasteiger partial charge in [-0.3, -0.25) is 9.59 Å². The number of hydrogen-bond acceptors (Lipinski definition) is 4. The molecule has 2 aliphatic heterocycles. The van der Waals surface area contributed by atoms with Crippen molar-refractivity contribution in [1.29, 1.82) is 0 Å². The first-order chi connectivity index (χ1) is 7.29. The molecule has 0 aromatic heterocycles. The van der Waals surface area contributed by atoms with Crippen LogP contribution < -0.4 is 5.32 Å². The highest BCUT2D eigenvalue weighted by molar-refractivity contribution is 6.37. The second-order valence-electron chi connectivity index (χ2n) is 3.91. The number of rotatable bonds is 2. The van der Waals surface area contributed by atoms with Crippen LogP contribution >= 0.6 is 0 Å². The lowest BCUT2D eigenvalue weighted by molar-refractivity contribution is -0.149. The average molecular weight is 212 g/mol. The second kappa shape index (κ2) is 4.72. The number of nitrogens with zero attached hydrogens (tertiary/aromatic N) is 1. The van der Waals surface area contributed by atoms with Crippen molar-refractivity contribution in [2.75, 3.05) is 32.8 Å². The molecule has 5 heteroatoms. The molecular weight excluding hydrogens is 196 g/mol. The van der Waals surface area contributed by atoms with E-state index in [0.717, 1.165) is 19.5 Å². The van der Waals surface area contributed by atoms with Crippen LogP contribution in [0.15, 0.2) is 0 Å². The summed E-state index contributed by atoms with van der Waals surface area (Å²) in [6, 6.07) is 0. The first kappa shape index (κ1) is 10.6. The molecule has 2 saturated heterocycles. The minimum absolute atomic E-state index is 0.366. The average Bonchev–Trinajstić information content (AvgIpc) is 2.82. The monoisotopic (exact) mass is 212 g/mol. The van der Waals surface area contributed by atoms with Crippen molar-refractivity contribution < 1.29 is 14.3 Å². The third-order valence-electron chi connectivity index (χ3n) is 2.84. The number of hydrogen-bond donors (Lipinski definition) is 1. The molecule has 2 fully saturated rings. The number of amides is 1. The number of carbonyl (C=O) groups is 2. The molecule has 15 heavy (non-hydrogen) atoms. The summed E-state index contributed by atoms with van der Waals surface area (Å²) in [7, 11) is 0. The van der Waals surface area contributed by atoms with Crippen molar-refractivity contribution in [1.82, 2.24) is 10.2 Å². The zero-order valence-electron chi connectivity index (χ0n) is 8.70. The molecule has 0 aliphatic carbocycles. The fourth-order valence-electron chi connectivity index (χ4n) is 1.95. The Morgan fingerprint density at radius 2 is 2.00 bits per heavy atom. The Morgan fingerprint density at radius 3 is 2.60 bits per heavy atom. The molecule has 1 N–H and O–H groups in total. The van der Waals surface area contributed by atoms with E-state index in [4.69, 9.17) is 4.74 Å². The van der Waals surface area contributed by atoms with Gasteiger partial charge >= 0.3 is 0 Å². The van der Waals surface area contributed by atoms with Gasteiger partial charge in [-0.15, -0.1) is 0 Å². The van der Waals surface area contributed by atoms with Crippen LogP contribution in [0, 0.1) is 0 Å². The fourth-order valence-corrected chi connectivity index (χ4v) is 1.95. The Morgan fingerprint density at radius 1 is 1.27 bits per heavy atom. The molecule has 1 amide bonds. The van der Waals surface area contributed by atoms with E-state index in [1.165, 1.54) is 0 Å². The molecule has 0 aromatic rings. The quantitative estimate of drug-likeness (QED) is 0.607. The second-order valence-corrected chi connectivity index (χ2v) is 3.91. The molecule has 2 aliphatic rings. The van der Waals surface area contributed by atoms with Gasteiger partial charge in [-0.25, -0.2) is 0 Å². The van der Waals surface area contributed by atoms with Crippen LogP contribution in [-0.2, 0) is 14.3 Å². The minimum Gasteiger partial charge on any atom is -0.370 e. The zero-order chi connectivity index (χ0) is 10.7. The Kier molecular flexibility index (Phi) is 3.33. The summed E-state index contributed by atoms with van der Waals surface area (Å²) < 4.78 is 5.21. The highest BCUT2D eigenvalue weighted by Gasteiger charge is 2.32. The van der Waals surface area contributed by atoms with E-state index in [2.05, 4.69) is 5.32 Å². The Labute approximate surface area is 88.8 Å². The maximum absolute atomic E-state index is 11.8. The van der Waals surface area contributed by atoms with Crippen LogP contribution in [0.4, 0.5) is 0 Å². The number of piperazine rings is 1. The van der Waals surface area contributed by atoms with Crippen molar-refractivity contribution in [3.63, 3.8) is 0 Å². The van der Waals surface area contributed by atoms with Gasteiger partial charge in [0, 0.05) is 32.8 Å². The lowest BCUT2D eigenvalue weighted by Gasteiger charge is -2.27. The van der Waals surface area contributed by atoms with Crippen LogP contribution in [0.3, 0.4) is 0 Å². The molecule has 1 unspecified atom stereocenters. The summed E-state index contributed by atoms with van der Waals surface area (Å²) >= 11 is 0. The predicted octanol–water partition coefficient (Wildman–Crippen LogP) is -0.834. The lowest BCUT2D eigenvalue weighted by atomic mass is 10.1. The van der Waals surface area contributed by atoms with Gasteiger partial charge in [-0.2, -0.15) is 0 Å². The molecule has 0 saturated carbocycles. The van der Waals surface area contributed by atoms with Crippen molar-refractivity contribution in [3.8, 4) is 0 Å².